The smallest absolute Gasteiger partial charge is 0.234 e. The van der Waals surface area contributed by atoms with Crippen molar-refractivity contribution in [2.45, 2.75) is 57.5 Å². The van der Waals surface area contributed by atoms with E-state index in [9.17, 15) is 19.8 Å². The number of aliphatic hydroxyl groups excluding tert-OH is 2. The Balaban J connectivity index is 1.65. The van der Waals surface area contributed by atoms with E-state index in [0.29, 0.717) is 43.8 Å². The van der Waals surface area contributed by atoms with E-state index in [1.54, 1.807) is 0 Å². The first-order chi connectivity index (χ1) is 10.5. The summed E-state index contributed by atoms with van der Waals surface area (Å²) in [6, 6.07) is 0. The lowest BCUT2D eigenvalue weighted by Gasteiger charge is -2.33. The molecular weight excluding hydrogens is 282 g/mol. The number of hydrogen-bond donors (Lipinski definition) is 2. The third-order valence-corrected chi connectivity index (χ3v) is 5.08. The van der Waals surface area contributed by atoms with Crippen LogP contribution in [0.2, 0.25) is 0 Å². The van der Waals surface area contributed by atoms with Crippen LogP contribution in [0.15, 0.2) is 23.6 Å². The highest BCUT2D eigenvalue weighted by atomic mass is 16.3. The summed E-state index contributed by atoms with van der Waals surface area (Å²) in [5.74, 6) is 0.780. The van der Waals surface area contributed by atoms with E-state index >= 15 is 0 Å². The fourth-order valence-corrected chi connectivity index (χ4v) is 3.77. The average molecular weight is 305 g/mol. The maximum atomic E-state index is 11.9. The van der Waals surface area contributed by atoms with Gasteiger partial charge in [-0.15, -0.1) is 0 Å². The van der Waals surface area contributed by atoms with E-state index in [1.165, 1.54) is 4.90 Å². The molecule has 2 amide bonds. The molecule has 0 spiro atoms. The van der Waals surface area contributed by atoms with Gasteiger partial charge in [-0.2, -0.15) is 0 Å². The van der Waals surface area contributed by atoms with Crippen LogP contribution in [0.25, 0.3) is 0 Å². The topological polar surface area (TPSA) is 77.8 Å². The van der Waals surface area contributed by atoms with Gasteiger partial charge in [0.05, 0.1) is 11.9 Å². The fraction of sp³-hybridized carbons (Fsp3) is 0.647. The zero-order valence-corrected chi connectivity index (χ0v) is 12.7. The number of amides is 2. The Hall–Kier alpha value is -1.62. The second-order valence-electron chi connectivity index (χ2n) is 6.66. The molecule has 22 heavy (non-hydrogen) atoms. The molecule has 3 unspecified atom stereocenters. The summed E-state index contributed by atoms with van der Waals surface area (Å²) in [6.07, 6.45) is 8.36. The number of nitrogens with zero attached hydrogens (tertiary/aromatic N) is 1. The number of hydrogen-bond acceptors (Lipinski definition) is 4. The van der Waals surface area contributed by atoms with Gasteiger partial charge >= 0.3 is 0 Å². The van der Waals surface area contributed by atoms with Crippen molar-refractivity contribution >= 4 is 11.8 Å². The number of likely N-dealkylation sites (tertiary alicyclic amines) is 1. The maximum absolute atomic E-state index is 11.9. The number of allylic oxidation sites excluding steroid dienone is 3. The molecule has 1 saturated heterocycles. The summed E-state index contributed by atoms with van der Waals surface area (Å²) < 4.78 is 0. The van der Waals surface area contributed by atoms with Gasteiger partial charge in [-0.3, -0.25) is 14.5 Å². The molecule has 1 aliphatic heterocycles. The molecule has 0 aromatic carbocycles. The lowest BCUT2D eigenvalue weighted by atomic mass is 9.78. The lowest BCUT2D eigenvalue weighted by molar-refractivity contribution is -0.136. The molecule has 0 radical (unpaired) electrons. The minimum absolute atomic E-state index is 0.0832. The van der Waals surface area contributed by atoms with Crippen LogP contribution in [0.3, 0.4) is 0 Å². The van der Waals surface area contributed by atoms with Crippen molar-refractivity contribution in [3.63, 3.8) is 0 Å². The minimum atomic E-state index is -0.406. The second kappa shape index (κ2) is 6.24. The maximum Gasteiger partial charge on any atom is 0.234 e. The first-order valence-corrected chi connectivity index (χ1v) is 8.15. The van der Waals surface area contributed by atoms with Gasteiger partial charge in [0.25, 0.3) is 0 Å². The highest BCUT2D eigenvalue weighted by Gasteiger charge is 2.36. The van der Waals surface area contributed by atoms with Crippen molar-refractivity contribution in [2.75, 3.05) is 0 Å². The third kappa shape index (κ3) is 3.09. The van der Waals surface area contributed by atoms with Crippen molar-refractivity contribution < 1.29 is 19.8 Å². The Morgan fingerprint density at radius 3 is 2.45 bits per heavy atom. The molecule has 1 fully saturated rings. The molecular formula is C17H23NO4. The summed E-state index contributed by atoms with van der Waals surface area (Å²) in [5.41, 5.74) is 0.775. The largest absolute Gasteiger partial charge is 0.513 e. The van der Waals surface area contributed by atoms with E-state index < -0.39 is 6.10 Å². The van der Waals surface area contributed by atoms with Gasteiger partial charge in [-0.1, -0.05) is 6.08 Å². The summed E-state index contributed by atoms with van der Waals surface area (Å²) >= 11 is 0. The van der Waals surface area contributed by atoms with Gasteiger partial charge in [0.15, 0.2) is 0 Å². The van der Waals surface area contributed by atoms with E-state index in [2.05, 4.69) is 0 Å². The number of carbonyl (C=O) groups is 2. The number of imide groups is 1. The summed E-state index contributed by atoms with van der Waals surface area (Å²) in [6.45, 7) is 0. The van der Waals surface area contributed by atoms with Gasteiger partial charge in [-0.25, -0.2) is 0 Å². The van der Waals surface area contributed by atoms with Crippen LogP contribution in [0.1, 0.15) is 51.4 Å². The van der Waals surface area contributed by atoms with Crippen molar-refractivity contribution in [3.05, 3.63) is 23.6 Å². The predicted molar refractivity (Wildman–Crippen MR) is 80.6 cm³/mol. The Labute approximate surface area is 130 Å². The van der Waals surface area contributed by atoms with Gasteiger partial charge < -0.3 is 10.2 Å². The molecule has 5 nitrogen and oxygen atoms in total. The Morgan fingerprint density at radius 2 is 1.82 bits per heavy atom. The second-order valence-corrected chi connectivity index (χ2v) is 6.66. The Morgan fingerprint density at radius 1 is 1.09 bits per heavy atom. The summed E-state index contributed by atoms with van der Waals surface area (Å²) in [5, 5.41) is 19.7. The molecule has 0 saturated carbocycles. The molecule has 2 N–H and O–H groups in total. The summed E-state index contributed by atoms with van der Waals surface area (Å²) in [4.78, 5) is 25.1. The van der Waals surface area contributed by atoms with Crippen molar-refractivity contribution in [1.82, 2.24) is 4.90 Å². The quantitative estimate of drug-likeness (QED) is 0.785. The molecule has 0 bridgehead atoms. The van der Waals surface area contributed by atoms with Crippen molar-refractivity contribution in [2.24, 2.45) is 11.8 Å². The molecule has 0 aromatic heterocycles. The van der Waals surface area contributed by atoms with E-state index in [0.717, 1.165) is 25.0 Å². The SMILES string of the molecule is O=C1CCC(=O)N1C1=CCC(O)C(CC2CC=C(O)CC2)C1. The van der Waals surface area contributed by atoms with Crippen LogP contribution in [0.5, 0.6) is 0 Å². The van der Waals surface area contributed by atoms with Crippen LogP contribution in [0, 0.1) is 11.8 Å². The van der Waals surface area contributed by atoms with Gasteiger partial charge in [0, 0.05) is 25.0 Å². The zero-order chi connectivity index (χ0) is 15.7. The van der Waals surface area contributed by atoms with Crippen LogP contribution >= 0.6 is 0 Å². The summed E-state index contributed by atoms with van der Waals surface area (Å²) in [7, 11) is 0. The molecule has 3 rings (SSSR count). The minimum Gasteiger partial charge on any atom is -0.513 e. The van der Waals surface area contributed by atoms with Crippen molar-refractivity contribution in [1.29, 1.82) is 0 Å². The Kier molecular flexibility index (Phi) is 4.34. The van der Waals surface area contributed by atoms with Crippen LogP contribution < -0.4 is 0 Å². The van der Waals surface area contributed by atoms with Crippen LogP contribution in [-0.4, -0.2) is 33.0 Å². The van der Waals surface area contributed by atoms with Crippen molar-refractivity contribution in [3.8, 4) is 0 Å². The van der Waals surface area contributed by atoms with Gasteiger partial charge in [-0.05, 0) is 50.0 Å². The zero-order valence-electron chi connectivity index (χ0n) is 12.7. The first kappa shape index (κ1) is 15.3. The monoisotopic (exact) mass is 305 g/mol. The molecule has 2 aliphatic carbocycles. The van der Waals surface area contributed by atoms with E-state index in [1.807, 2.05) is 12.2 Å². The number of carbonyl (C=O) groups excluding carboxylic acids is 2. The van der Waals surface area contributed by atoms with Crippen LogP contribution in [0.4, 0.5) is 0 Å². The van der Waals surface area contributed by atoms with E-state index in [4.69, 9.17) is 0 Å². The standard InChI is InChI=1S/C17H23NO4/c19-14-4-1-11(2-5-14)9-12-10-13(3-6-15(12)20)18-16(21)7-8-17(18)22/h3-4,11-12,15,19-20H,1-2,5-10H2. The van der Waals surface area contributed by atoms with Crippen LogP contribution in [-0.2, 0) is 9.59 Å². The molecule has 5 heteroatoms. The predicted octanol–water partition coefficient (Wildman–Crippen LogP) is 2.42. The molecule has 1 heterocycles. The average Bonchev–Trinajstić information content (AvgIpc) is 2.83. The Bertz CT molecular complexity index is 521. The highest BCUT2D eigenvalue weighted by molar-refractivity contribution is 6.03. The van der Waals surface area contributed by atoms with E-state index in [-0.39, 0.29) is 17.7 Å². The fourth-order valence-electron chi connectivity index (χ4n) is 3.77. The number of rotatable bonds is 3. The highest BCUT2D eigenvalue weighted by Crippen LogP contribution is 2.36. The normalized spacial score (nSPS) is 33.0. The molecule has 3 atom stereocenters. The molecule has 0 aromatic rings. The first-order valence-electron chi connectivity index (χ1n) is 8.15. The van der Waals surface area contributed by atoms with Gasteiger partial charge in [0.1, 0.15) is 0 Å². The molecule has 3 aliphatic rings. The number of aliphatic hydroxyl groups is 2. The molecule has 120 valence electrons. The third-order valence-electron chi connectivity index (χ3n) is 5.08. The van der Waals surface area contributed by atoms with Gasteiger partial charge in [0.2, 0.25) is 11.8 Å². The lowest BCUT2D eigenvalue weighted by Crippen LogP contribution is -2.35.